The largest absolute Gasteiger partial charge is 0.397 e. The number of carbonyl (C=O) groups excluding carboxylic acids is 1. The van der Waals surface area contributed by atoms with Gasteiger partial charge in [-0.3, -0.25) is 9.48 Å². The van der Waals surface area contributed by atoms with Gasteiger partial charge in [0.25, 0.3) is 5.91 Å². The number of nitrogens with two attached hydrogens (primary N) is 1. The number of benzene rings is 1. The molecule has 0 aliphatic heterocycles. The van der Waals surface area contributed by atoms with E-state index in [-0.39, 0.29) is 5.91 Å². The fourth-order valence-corrected chi connectivity index (χ4v) is 3.30. The third kappa shape index (κ3) is 2.62. The number of fused-ring (bicyclic) bond motifs is 1. The van der Waals surface area contributed by atoms with E-state index in [4.69, 9.17) is 5.73 Å². The minimum atomic E-state index is -0.115. The van der Waals surface area contributed by atoms with Crippen molar-refractivity contribution in [2.75, 3.05) is 12.3 Å². The summed E-state index contributed by atoms with van der Waals surface area (Å²) in [6.07, 6.45) is 2.49. The molecule has 0 saturated heterocycles. The second-order valence-electron chi connectivity index (χ2n) is 4.79. The highest BCUT2D eigenvalue weighted by molar-refractivity contribution is 7.21. The maximum atomic E-state index is 12.2. The van der Waals surface area contributed by atoms with Crippen LogP contribution in [0.5, 0.6) is 0 Å². The maximum absolute atomic E-state index is 12.2. The topological polar surface area (TPSA) is 72.9 Å². The minimum Gasteiger partial charge on any atom is -0.397 e. The molecule has 1 amide bonds. The Kier molecular flexibility index (Phi) is 3.62. The van der Waals surface area contributed by atoms with Crippen molar-refractivity contribution in [2.24, 2.45) is 7.05 Å². The summed E-state index contributed by atoms with van der Waals surface area (Å²) >= 11 is 1.43. The number of nitrogens with one attached hydrogen (secondary N) is 1. The van der Waals surface area contributed by atoms with Gasteiger partial charge in [0, 0.05) is 42.0 Å². The molecule has 2 heterocycles. The quantitative estimate of drug-likeness (QED) is 0.775. The zero-order chi connectivity index (χ0) is 14.8. The average molecular weight is 300 g/mol. The number of hydrogen-bond donors (Lipinski definition) is 2. The molecule has 0 unspecified atom stereocenters. The van der Waals surface area contributed by atoms with Crippen molar-refractivity contribution < 1.29 is 4.79 Å². The number of anilines is 1. The van der Waals surface area contributed by atoms with Gasteiger partial charge in [-0.1, -0.05) is 18.2 Å². The molecule has 0 spiro atoms. The van der Waals surface area contributed by atoms with Crippen molar-refractivity contribution in [3.63, 3.8) is 0 Å². The molecular formula is C15H16N4OS. The summed E-state index contributed by atoms with van der Waals surface area (Å²) < 4.78 is 2.84. The summed E-state index contributed by atoms with van der Waals surface area (Å²) in [5.41, 5.74) is 7.71. The number of aromatic nitrogens is 2. The first-order chi connectivity index (χ1) is 10.2. The van der Waals surface area contributed by atoms with Crippen LogP contribution in [0.3, 0.4) is 0 Å². The summed E-state index contributed by atoms with van der Waals surface area (Å²) in [7, 11) is 1.89. The SMILES string of the molecule is Cn1nccc1CCNC(=O)c1sc2ccccc2c1N. The molecule has 3 rings (SSSR count). The monoisotopic (exact) mass is 300 g/mol. The van der Waals surface area contributed by atoms with Gasteiger partial charge in [-0.2, -0.15) is 5.10 Å². The normalized spacial score (nSPS) is 10.9. The first-order valence-electron chi connectivity index (χ1n) is 6.69. The molecule has 0 fully saturated rings. The van der Waals surface area contributed by atoms with Crippen molar-refractivity contribution in [3.8, 4) is 0 Å². The van der Waals surface area contributed by atoms with Crippen molar-refractivity contribution in [3.05, 3.63) is 47.1 Å². The lowest BCUT2D eigenvalue weighted by molar-refractivity contribution is 0.0959. The summed E-state index contributed by atoms with van der Waals surface area (Å²) in [5, 5.41) is 7.96. The van der Waals surface area contributed by atoms with E-state index >= 15 is 0 Å². The highest BCUT2D eigenvalue weighted by atomic mass is 32.1. The molecule has 0 bridgehead atoms. The van der Waals surface area contributed by atoms with Crippen molar-refractivity contribution >= 4 is 33.0 Å². The van der Waals surface area contributed by atoms with Gasteiger partial charge in [0.15, 0.2) is 0 Å². The highest BCUT2D eigenvalue weighted by Gasteiger charge is 2.15. The Morgan fingerprint density at radius 3 is 2.90 bits per heavy atom. The zero-order valence-corrected chi connectivity index (χ0v) is 12.5. The predicted octanol–water partition coefficient (Wildman–Crippen LogP) is 2.19. The second kappa shape index (κ2) is 5.57. The second-order valence-corrected chi connectivity index (χ2v) is 5.85. The molecule has 0 aliphatic rings. The maximum Gasteiger partial charge on any atom is 0.263 e. The van der Waals surface area contributed by atoms with Gasteiger partial charge in [-0.05, 0) is 12.1 Å². The number of amides is 1. The third-order valence-electron chi connectivity index (χ3n) is 3.43. The molecule has 5 nitrogen and oxygen atoms in total. The van der Waals surface area contributed by atoms with Gasteiger partial charge in [0.2, 0.25) is 0 Å². The van der Waals surface area contributed by atoms with E-state index in [1.165, 1.54) is 11.3 Å². The van der Waals surface area contributed by atoms with Gasteiger partial charge in [0.05, 0.1) is 5.69 Å². The van der Waals surface area contributed by atoms with Crippen molar-refractivity contribution in [1.82, 2.24) is 15.1 Å². The molecule has 0 radical (unpaired) electrons. The molecule has 6 heteroatoms. The van der Waals surface area contributed by atoms with E-state index in [2.05, 4.69) is 10.4 Å². The molecule has 1 aromatic carbocycles. The van der Waals surface area contributed by atoms with Gasteiger partial charge in [0.1, 0.15) is 4.88 Å². The number of nitrogen functional groups attached to an aromatic ring is 1. The summed E-state index contributed by atoms with van der Waals surface area (Å²) in [5.74, 6) is -0.115. The molecular weight excluding hydrogens is 284 g/mol. The highest BCUT2D eigenvalue weighted by Crippen LogP contribution is 2.33. The standard InChI is InChI=1S/C15H16N4OS/c1-19-10(7-9-18-19)6-8-17-15(20)14-13(16)11-4-2-3-5-12(11)21-14/h2-5,7,9H,6,8,16H2,1H3,(H,17,20). The number of thiophene rings is 1. The Morgan fingerprint density at radius 1 is 1.38 bits per heavy atom. The van der Waals surface area contributed by atoms with E-state index in [1.54, 1.807) is 10.9 Å². The Bertz CT molecular complexity index is 790. The molecule has 3 N–H and O–H groups in total. The number of aryl methyl sites for hydroxylation is 1. The van der Waals surface area contributed by atoms with Crippen LogP contribution in [0, 0.1) is 0 Å². The lowest BCUT2D eigenvalue weighted by Crippen LogP contribution is -2.26. The zero-order valence-electron chi connectivity index (χ0n) is 11.7. The van der Waals surface area contributed by atoms with Gasteiger partial charge in [-0.15, -0.1) is 11.3 Å². The molecule has 3 aromatic rings. The van der Waals surface area contributed by atoms with E-state index in [0.717, 1.165) is 22.2 Å². The summed E-state index contributed by atoms with van der Waals surface area (Å²) in [4.78, 5) is 12.8. The molecule has 108 valence electrons. The fraction of sp³-hybridized carbons (Fsp3) is 0.200. The molecule has 0 atom stereocenters. The first-order valence-corrected chi connectivity index (χ1v) is 7.50. The van der Waals surface area contributed by atoms with Crippen LogP contribution >= 0.6 is 11.3 Å². The van der Waals surface area contributed by atoms with Crippen LogP contribution in [0.15, 0.2) is 36.5 Å². The van der Waals surface area contributed by atoms with Crippen LogP contribution in [-0.4, -0.2) is 22.2 Å². The smallest absolute Gasteiger partial charge is 0.263 e. The predicted molar refractivity (Wildman–Crippen MR) is 85.5 cm³/mol. The van der Waals surface area contributed by atoms with Crippen LogP contribution in [0.1, 0.15) is 15.4 Å². The van der Waals surface area contributed by atoms with Gasteiger partial charge >= 0.3 is 0 Å². The Labute approximate surface area is 126 Å². The minimum absolute atomic E-state index is 0.115. The lowest BCUT2D eigenvalue weighted by Gasteiger charge is -2.05. The molecule has 0 saturated carbocycles. The summed E-state index contributed by atoms with van der Waals surface area (Å²) in [6, 6.07) is 9.73. The number of rotatable bonds is 4. The van der Waals surface area contributed by atoms with Crippen molar-refractivity contribution in [2.45, 2.75) is 6.42 Å². The third-order valence-corrected chi connectivity index (χ3v) is 4.61. The molecule has 2 aromatic heterocycles. The lowest BCUT2D eigenvalue weighted by atomic mass is 10.2. The van der Waals surface area contributed by atoms with E-state index in [1.807, 2.05) is 37.4 Å². The Balaban J connectivity index is 1.70. The van der Waals surface area contributed by atoms with Crippen molar-refractivity contribution in [1.29, 1.82) is 0 Å². The fourth-order valence-electron chi connectivity index (χ4n) is 2.26. The van der Waals surface area contributed by atoms with Crippen LogP contribution in [-0.2, 0) is 13.5 Å². The van der Waals surface area contributed by atoms with E-state index in [9.17, 15) is 4.79 Å². The van der Waals surface area contributed by atoms with Gasteiger partial charge in [-0.25, -0.2) is 0 Å². The van der Waals surface area contributed by atoms with Crippen LogP contribution in [0.2, 0.25) is 0 Å². The van der Waals surface area contributed by atoms with Crippen LogP contribution in [0.25, 0.3) is 10.1 Å². The van der Waals surface area contributed by atoms with E-state index in [0.29, 0.717) is 17.1 Å². The Morgan fingerprint density at radius 2 is 2.19 bits per heavy atom. The first kappa shape index (κ1) is 13.6. The summed E-state index contributed by atoms with van der Waals surface area (Å²) in [6.45, 7) is 0.562. The number of carbonyl (C=O) groups is 1. The van der Waals surface area contributed by atoms with Gasteiger partial charge < -0.3 is 11.1 Å². The van der Waals surface area contributed by atoms with Crippen LogP contribution < -0.4 is 11.1 Å². The van der Waals surface area contributed by atoms with Crippen LogP contribution in [0.4, 0.5) is 5.69 Å². The Hall–Kier alpha value is -2.34. The number of nitrogens with zero attached hydrogens (tertiary/aromatic N) is 2. The van der Waals surface area contributed by atoms with E-state index < -0.39 is 0 Å². The average Bonchev–Trinajstić information content (AvgIpc) is 3.04. The number of hydrogen-bond acceptors (Lipinski definition) is 4. The molecule has 21 heavy (non-hydrogen) atoms. The molecule has 0 aliphatic carbocycles.